The molecule has 1 aromatic heterocycles. The monoisotopic (exact) mass is 360 g/mol. The van der Waals surface area contributed by atoms with Crippen LogP contribution in [-0.2, 0) is 6.61 Å². The first-order valence-corrected chi connectivity index (χ1v) is 7.32. The van der Waals surface area contributed by atoms with E-state index in [4.69, 9.17) is 22.2 Å². The maximum atomic E-state index is 11.5. The summed E-state index contributed by atoms with van der Waals surface area (Å²) in [4.78, 5) is 12.0. The minimum atomic E-state index is -0.325. The van der Waals surface area contributed by atoms with E-state index in [1.165, 1.54) is 11.3 Å². The Balaban J connectivity index is 2.13. The third kappa shape index (κ3) is 3.48. The van der Waals surface area contributed by atoms with Crippen molar-refractivity contribution in [1.82, 2.24) is 5.43 Å². The Morgan fingerprint density at radius 2 is 2.26 bits per heavy atom. The zero-order chi connectivity index (χ0) is 13.8. The second-order valence-corrected chi connectivity index (χ2v) is 5.85. The summed E-state index contributed by atoms with van der Waals surface area (Å²) in [6.45, 7) is 0.252. The summed E-state index contributed by atoms with van der Waals surface area (Å²) in [6, 6.07) is 7.16. The number of hydrazine groups is 1. The van der Waals surface area contributed by atoms with E-state index in [1.54, 1.807) is 12.1 Å². The van der Waals surface area contributed by atoms with Gasteiger partial charge in [-0.2, -0.15) is 0 Å². The van der Waals surface area contributed by atoms with Crippen molar-refractivity contribution in [3.8, 4) is 5.75 Å². The molecule has 100 valence electrons. The van der Waals surface area contributed by atoms with E-state index in [0.29, 0.717) is 15.6 Å². The molecule has 0 aliphatic carbocycles. The van der Waals surface area contributed by atoms with Crippen LogP contribution in [0, 0.1) is 0 Å². The number of hydrogen-bond acceptors (Lipinski definition) is 4. The number of rotatable bonds is 4. The molecule has 0 fully saturated rings. The summed E-state index contributed by atoms with van der Waals surface area (Å²) in [5.41, 5.74) is 2.88. The van der Waals surface area contributed by atoms with Crippen molar-refractivity contribution in [2.75, 3.05) is 0 Å². The van der Waals surface area contributed by atoms with Crippen LogP contribution < -0.4 is 16.0 Å². The Bertz CT molecular complexity index is 603. The van der Waals surface area contributed by atoms with Crippen LogP contribution in [0.1, 0.15) is 15.2 Å². The lowest BCUT2D eigenvalue weighted by Gasteiger charge is -2.08. The number of ether oxygens (including phenoxy) is 1. The van der Waals surface area contributed by atoms with Crippen LogP contribution in [0.4, 0.5) is 0 Å². The maximum absolute atomic E-state index is 11.5. The van der Waals surface area contributed by atoms with Gasteiger partial charge in [-0.3, -0.25) is 10.2 Å². The summed E-state index contributed by atoms with van der Waals surface area (Å²) in [6.07, 6.45) is 0. The first kappa shape index (κ1) is 14.3. The summed E-state index contributed by atoms with van der Waals surface area (Å²) < 4.78 is 6.49. The summed E-state index contributed by atoms with van der Waals surface area (Å²) in [5, 5.41) is 2.33. The molecule has 0 aliphatic rings. The molecule has 0 spiro atoms. The van der Waals surface area contributed by atoms with Gasteiger partial charge in [-0.1, -0.05) is 27.5 Å². The lowest BCUT2D eigenvalue weighted by atomic mass is 10.2. The SMILES string of the molecule is NNC(=O)c1sccc1COc1cc(Br)ccc1Cl. The van der Waals surface area contributed by atoms with E-state index in [2.05, 4.69) is 21.4 Å². The molecule has 2 rings (SSSR count). The molecule has 2 aromatic rings. The van der Waals surface area contributed by atoms with E-state index >= 15 is 0 Å². The van der Waals surface area contributed by atoms with Gasteiger partial charge in [0.05, 0.1) is 9.90 Å². The molecule has 19 heavy (non-hydrogen) atoms. The number of nitrogens with two attached hydrogens (primary N) is 1. The zero-order valence-electron chi connectivity index (χ0n) is 9.65. The van der Waals surface area contributed by atoms with Gasteiger partial charge < -0.3 is 4.74 Å². The minimum absolute atomic E-state index is 0.252. The number of nitrogen functional groups attached to an aromatic ring is 1. The van der Waals surface area contributed by atoms with Gasteiger partial charge in [0.15, 0.2) is 0 Å². The van der Waals surface area contributed by atoms with Crippen LogP contribution in [0.3, 0.4) is 0 Å². The van der Waals surface area contributed by atoms with Crippen molar-refractivity contribution in [1.29, 1.82) is 0 Å². The van der Waals surface area contributed by atoms with E-state index in [0.717, 1.165) is 10.0 Å². The highest BCUT2D eigenvalue weighted by Gasteiger charge is 2.13. The molecule has 0 atom stereocenters. The van der Waals surface area contributed by atoms with Gasteiger partial charge in [0.2, 0.25) is 0 Å². The second kappa shape index (κ2) is 6.38. The maximum Gasteiger partial charge on any atom is 0.275 e. The van der Waals surface area contributed by atoms with Crippen LogP contribution in [-0.4, -0.2) is 5.91 Å². The quantitative estimate of drug-likeness (QED) is 0.499. The van der Waals surface area contributed by atoms with Gasteiger partial charge in [-0.15, -0.1) is 11.3 Å². The number of halogens is 2. The Hall–Kier alpha value is -1.08. The van der Waals surface area contributed by atoms with Crippen molar-refractivity contribution in [3.63, 3.8) is 0 Å². The third-order valence-electron chi connectivity index (χ3n) is 2.36. The van der Waals surface area contributed by atoms with Gasteiger partial charge in [0.25, 0.3) is 5.91 Å². The number of amides is 1. The fraction of sp³-hybridized carbons (Fsp3) is 0.0833. The zero-order valence-corrected chi connectivity index (χ0v) is 12.8. The van der Waals surface area contributed by atoms with Crippen LogP contribution in [0.5, 0.6) is 5.75 Å². The Kier molecular flexibility index (Phi) is 4.81. The topological polar surface area (TPSA) is 64.3 Å². The predicted octanol–water partition coefficient (Wildman–Crippen LogP) is 3.35. The average Bonchev–Trinajstić information content (AvgIpc) is 2.87. The molecular weight excluding hydrogens is 352 g/mol. The standard InChI is InChI=1S/C12H10BrClN2O2S/c13-8-1-2-9(14)10(5-8)18-6-7-3-4-19-11(7)12(17)16-15/h1-5H,6,15H2,(H,16,17). The molecular formula is C12H10BrClN2O2S. The largest absolute Gasteiger partial charge is 0.487 e. The van der Waals surface area contributed by atoms with Crippen molar-refractivity contribution in [3.05, 3.63) is 49.6 Å². The molecule has 0 unspecified atom stereocenters. The lowest BCUT2D eigenvalue weighted by Crippen LogP contribution is -2.30. The molecule has 7 heteroatoms. The molecule has 1 amide bonds. The first-order chi connectivity index (χ1) is 9.11. The Morgan fingerprint density at radius 1 is 1.47 bits per heavy atom. The van der Waals surface area contributed by atoms with E-state index in [9.17, 15) is 4.79 Å². The van der Waals surface area contributed by atoms with Crippen LogP contribution in [0.15, 0.2) is 34.1 Å². The summed E-state index contributed by atoms with van der Waals surface area (Å²) in [7, 11) is 0. The van der Waals surface area contributed by atoms with Crippen LogP contribution in [0.2, 0.25) is 5.02 Å². The number of nitrogens with one attached hydrogen (secondary N) is 1. The van der Waals surface area contributed by atoms with E-state index in [1.807, 2.05) is 17.5 Å². The van der Waals surface area contributed by atoms with E-state index in [-0.39, 0.29) is 12.5 Å². The van der Waals surface area contributed by atoms with Gasteiger partial charge in [0.1, 0.15) is 12.4 Å². The Labute approximate surface area is 127 Å². The third-order valence-corrected chi connectivity index (χ3v) is 4.12. The molecule has 3 N–H and O–H groups in total. The van der Waals surface area contributed by atoms with E-state index < -0.39 is 0 Å². The van der Waals surface area contributed by atoms with Gasteiger partial charge >= 0.3 is 0 Å². The number of benzene rings is 1. The fourth-order valence-electron chi connectivity index (χ4n) is 1.46. The normalized spacial score (nSPS) is 10.3. The molecule has 0 saturated heterocycles. The highest BCUT2D eigenvalue weighted by molar-refractivity contribution is 9.10. The van der Waals surface area contributed by atoms with Crippen LogP contribution >= 0.6 is 38.9 Å². The number of carbonyl (C=O) groups is 1. The van der Waals surface area contributed by atoms with Crippen molar-refractivity contribution in [2.45, 2.75) is 6.61 Å². The minimum Gasteiger partial charge on any atom is -0.487 e. The molecule has 1 heterocycles. The molecule has 4 nitrogen and oxygen atoms in total. The van der Waals surface area contributed by atoms with Crippen molar-refractivity contribution >= 4 is 44.8 Å². The number of carbonyl (C=O) groups excluding carboxylic acids is 1. The first-order valence-electron chi connectivity index (χ1n) is 5.27. The smallest absolute Gasteiger partial charge is 0.275 e. The molecule has 0 radical (unpaired) electrons. The summed E-state index contributed by atoms with van der Waals surface area (Å²) >= 11 is 10.7. The second-order valence-electron chi connectivity index (χ2n) is 3.61. The molecule has 0 saturated carbocycles. The summed E-state index contributed by atoms with van der Waals surface area (Å²) in [5.74, 6) is 5.35. The number of hydrogen-bond donors (Lipinski definition) is 2. The van der Waals surface area contributed by atoms with Crippen molar-refractivity contribution in [2.24, 2.45) is 5.84 Å². The molecule has 0 aliphatic heterocycles. The highest BCUT2D eigenvalue weighted by atomic mass is 79.9. The van der Waals surface area contributed by atoms with Crippen molar-refractivity contribution < 1.29 is 9.53 Å². The molecule has 1 aromatic carbocycles. The van der Waals surface area contributed by atoms with Gasteiger partial charge in [-0.25, -0.2) is 5.84 Å². The van der Waals surface area contributed by atoms with Gasteiger partial charge in [-0.05, 0) is 29.6 Å². The van der Waals surface area contributed by atoms with Crippen LogP contribution in [0.25, 0.3) is 0 Å². The Morgan fingerprint density at radius 3 is 3.00 bits per heavy atom. The molecule has 0 bridgehead atoms. The highest BCUT2D eigenvalue weighted by Crippen LogP contribution is 2.29. The average molecular weight is 362 g/mol. The fourth-order valence-corrected chi connectivity index (χ4v) is 2.78. The number of thiophene rings is 1. The predicted molar refractivity (Wildman–Crippen MR) is 79.5 cm³/mol. The van der Waals surface area contributed by atoms with Gasteiger partial charge in [0, 0.05) is 10.0 Å². The lowest BCUT2D eigenvalue weighted by molar-refractivity contribution is 0.0955.